The molecule has 1 unspecified atom stereocenters. The van der Waals surface area contributed by atoms with E-state index in [1.54, 1.807) is 0 Å². The highest BCUT2D eigenvalue weighted by Crippen LogP contribution is 2.20. The summed E-state index contributed by atoms with van der Waals surface area (Å²) in [7, 11) is -4.69. The van der Waals surface area contributed by atoms with Gasteiger partial charge in [0.25, 0.3) is 10.0 Å². The van der Waals surface area contributed by atoms with Gasteiger partial charge in [0.15, 0.2) is 0 Å². The van der Waals surface area contributed by atoms with Gasteiger partial charge in [0, 0.05) is 7.11 Å². The quantitative estimate of drug-likeness (QED) is 0.587. The lowest BCUT2D eigenvalue weighted by molar-refractivity contribution is 0.402. The Balaban J connectivity index is 4.32. The van der Waals surface area contributed by atoms with E-state index in [9.17, 15) is 8.42 Å². The molecule has 0 bridgehead atoms. The molecule has 0 saturated carbocycles. The van der Waals surface area contributed by atoms with Crippen LogP contribution in [0.1, 0.15) is 0 Å². The lowest BCUT2D eigenvalue weighted by Crippen LogP contribution is -1.86. The van der Waals surface area contributed by atoms with Crippen molar-refractivity contribution in [2.45, 2.75) is 0 Å². The Kier molecular flexibility index (Phi) is 3.35. The third kappa shape index (κ3) is 5.98. The molecule has 5 nitrogen and oxygen atoms in total. The Morgan fingerprint density at radius 3 is 2.22 bits per heavy atom. The van der Waals surface area contributed by atoms with Crippen molar-refractivity contribution < 1.29 is 17.8 Å². The van der Waals surface area contributed by atoms with Gasteiger partial charge in [-0.05, 0) is 0 Å². The van der Waals surface area contributed by atoms with E-state index < -0.39 is 18.2 Å². The van der Waals surface area contributed by atoms with Crippen molar-refractivity contribution in [2.75, 3.05) is 13.4 Å². The van der Waals surface area contributed by atoms with Gasteiger partial charge in [-0.3, -0.25) is 0 Å². The number of sulfonamides is 1. The van der Waals surface area contributed by atoms with Crippen LogP contribution in [0.3, 0.4) is 0 Å². The minimum absolute atomic E-state index is 0.896. The van der Waals surface area contributed by atoms with Gasteiger partial charge in [-0.15, -0.1) is 4.15 Å². The molecule has 1 atom stereocenters. The van der Waals surface area contributed by atoms with Crippen molar-refractivity contribution >= 4 is 18.2 Å². The summed E-state index contributed by atoms with van der Waals surface area (Å²) in [6.07, 6.45) is 0.896. The SMILES string of the molecule is CO/[PH](O)=N\S(C)(=O)=O. The summed E-state index contributed by atoms with van der Waals surface area (Å²) in [5, 5.41) is 0. The summed E-state index contributed by atoms with van der Waals surface area (Å²) in [6.45, 7) is 0. The van der Waals surface area contributed by atoms with E-state index in [1.165, 1.54) is 7.11 Å². The van der Waals surface area contributed by atoms with Crippen LogP contribution in [0.25, 0.3) is 0 Å². The molecule has 0 rings (SSSR count). The summed E-state index contributed by atoms with van der Waals surface area (Å²) in [6, 6.07) is 0. The molecular formula is C2H8NO4PS. The van der Waals surface area contributed by atoms with Gasteiger partial charge in [0.1, 0.15) is 0 Å². The topological polar surface area (TPSA) is 76.0 Å². The first-order valence-electron chi connectivity index (χ1n) is 1.98. The van der Waals surface area contributed by atoms with Gasteiger partial charge in [-0.25, -0.2) is 8.42 Å². The first-order chi connectivity index (χ1) is 3.95. The fraction of sp³-hybridized carbons (Fsp3) is 1.00. The van der Waals surface area contributed by atoms with E-state index in [4.69, 9.17) is 4.89 Å². The maximum Gasteiger partial charge on any atom is 0.252 e. The molecule has 0 fully saturated rings. The monoisotopic (exact) mass is 173 g/mol. The average Bonchev–Trinajstić information content (AvgIpc) is 1.62. The van der Waals surface area contributed by atoms with E-state index >= 15 is 0 Å². The standard InChI is InChI=1S/C2H8NO4PS/c1-7-8(4)3-9(2,5)6/h8H,1-2H3,(H,3,4). The third-order valence-corrected chi connectivity index (χ3v) is 2.74. The van der Waals surface area contributed by atoms with Crippen LogP contribution in [0.4, 0.5) is 0 Å². The largest absolute Gasteiger partial charge is 0.341 e. The molecule has 0 aromatic carbocycles. The zero-order valence-electron chi connectivity index (χ0n) is 5.03. The van der Waals surface area contributed by atoms with Crippen LogP contribution in [0.2, 0.25) is 0 Å². The Labute approximate surface area is 54.4 Å². The van der Waals surface area contributed by atoms with Gasteiger partial charge in [-0.2, -0.15) is 0 Å². The zero-order chi connectivity index (χ0) is 7.49. The predicted molar refractivity (Wildman–Crippen MR) is 34.8 cm³/mol. The van der Waals surface area contributed by atoms with Crippen LogP contribution in [-0.4, -0.2) is 26.7 Å². The van der Waals surface area contributed by atoms with E-state index in [-0.39, 0.29) is 0 Å². The van der Waals surface area contributed by atoms with Gasteiger partial charge < -0.3 is 9.42 Å². The molecule has 0 aliphatic heterocycles. The van der Waals surface area contributed by atoms with Crippen molar-refractivity contribution in [1.82, 2.24) is 0 Å². The lowest BCUT2D eigenvalue weighted by Gasteiger charge is -1.92. The molecule has 9 heavy (non-hydrogen) atoms. The Hall–Kier alpha value is 0.100. The molecule has 0 aliphatic rings. The van der Waals surface area contributed by atoms with Crippen LogP contribution < -0.4 is 0 Å². The molecule has 0 spiro atoms. The molecule has 0 heterocycles. The van der Waals surface area contributed by atoms with Gasteiger partial charge in [0.05, 0.1) is 6.26 Å². The molecule has 0 aliphatic carbocycles. The lowest BCUT2D eigenvalue weighted by atomic mass is 11.8. The second-order valence-corrected chi connectivity index (χ2v) is 4.48. The normalized spacial score (nSPS) is 15.9. The van der Waals surface area contributed by atoms with Crippen LogP contribution >= 0.6 is 8.17 Å². The molecule has 0 aromatic heterocycles. The summed E-state index contributed by atoms with van der Waals surface area (Å²) < 4.78 is 27.6. The molecule has 0 radical (unpaired) electrons. The highest BCUT2D eigenvalue weighted by molar-refractivity contribution is 7.91. The zero-order valence-corrected chi connectivity index (χ0v) is 6.84. The second-order valence-electron chi connectivity index (χ2n) is 1.31. The highest BCUT2D eigenvalue weighted by Gasteiger charge is 1.96. The number of hydrogen-bond acceptors (Lipinski definition) is 3. The van der Waals surface area contributed by atoms with Gasteiger partial charge >= 0.3 is 0 Å². The summed E-state index contributed by atoms with van der Waals surface area (Å²) >= 11 is 0. The molecule has 0 saturated heterocycles. The highest BCUT2D eigenvalue weighted by atomic mass is 32.2. The first-order valence-corrected chi connectivity index (χ1v) is 5.13. The predicted octanol–water partition coefficient (Wildman–Crippen LogP) is -0.188. The van der Waals surface area contributed by atoms with Crippen molar-refractivity contribution in [1.29, 1.82) is 0 Å². The Morgan fingerprint density at radius 1 is 1.67 bits per heavy atom. The van der Waals surface area contributed by atoms with E-state index in [1.807, 2.05) is 0 Å². The fourth-order valence-electron chi connectivity index (χ4n) is 0.179. The minimum atomic E-state index is -3.44. The van der Waals surface area contributed by atoms with Crippen LogP contribution in [0, 0.1) is 0 Å². The van der Waals surface area contributed by atoms with E-state index in [2.05, 4.69) is 8.67 Å². The number of rotatable bonds is 2. The number of nitrogens with zero attached hydrogens (tertiary/aromatic N) is 1. The Morgan fingerprint density at radius 2 is 2.11 bits per heavy atom. The van der Waals surface area contributed by atoms with Gasteiger partial charge in [-0.1, -0.05) is 0 Å². The molecule has 0 amide bonds. The fourth-order valence-corrected chi connectivity index (χ4v) is 1.61. The van der Waals surface area contributed by atoms with Crippen molar-refractivity contribution in [3.63, 3.8) is 0 Å². The van der Waals surface area contributed by atoms with Crippen LogP contribution in [-0.2, 0) is 14.5 Å². The van der Waals surface area contributed by atoms with Crippen molar-refractivity contribution in [2.24, 2.45) is 4.15 Å². The minimum Gasteiger partial charge on any atom is -0.341 e. The van der Waals surface area contributed by atoms with Crippen molar-refractivity contribution in [3.05, 3.63) is 0 Å². The Bertz CT molecular complexity index is 207. The van der Waals surface area contributed by atoms with Crippen LogP contribution in [0.15, 0.2) is 4.15 Å². The van der Waals surface area contributed by atoms with Crippen LogP contribution in [0.5, 0.6) is 0 Å². The maximum absolute atomic E-state index is 10.2. The molecule has 7 heteroatoms. The maximum atomic E-state index is 10.2. The average molecular weight is 173 g/mol. The summed E-state index contributed by atoms with van der Waals surface area (Å²) in [4.78, 5) is 8.53. The molecule has 1 N–H and O–H groups in total. The van der Waals surface area contributed by atoms with Gasteiger partial charge in [0.2, 0.25) is 8.17 Å². The van der Waals surface area contributed by atoms with E-state index in [0.717, 1.165) is 6.26 Å². The molecular weight excluding hydrogens is 165 g/mol. The second kappa shape index (κ2) is 3.31. The molecule has 0 aromatic rings. The van der Waals surface area contributed by atoms with E-state index in [0.29, 0.717) is 0 Å². The number of hydrogen-bond donors (Lipinski definition) is 1. The first kappa shape index (κ1) is 9.10. The van der Waals surface area contributed by atoms with Crippen molar-refractivity contribution in [3.8, 4) is 0 Å². The third-order valence-electron chi connectivity index (χ3n) is 0.426. The smallest absolute Gasteiger partial charge is 0.252 e. The summed E-state index contributed by atoms with van der Waals surface area (Å²) in [5.74, 6) is 0. The summed E-state index contributed by atoms with van der Waals surface area (Å²) in [5.41, 5.74) is 0. The molecule has 56 valence electrons.